The molecule has 0 saturated carbocycles. The van der Waals surface area contributed by atoms with E-state index in [0.29, 0.717) is 16.9 Å². The van der Waals surface area contributed by atoms with Gasteiger partial charge in [0.1, 0.15) is 16.1 Å². The molecule has 0 fully saturated rings. The Morgan fingerprint density at radius 1 is 1.28 bits per heavy atom. The van der Waals surface area contributed by atoms with Crippen molar-refractivity contribution in [2.24, 2.45) is 7.05 Å². The summed E-state index contributed by atoms with van der Waals surface area (Å²) in [6.07, 6.45) is 0. The number of fused-ring (bicyclic) bond motifs is 2. The quantitative estimate of drug-likeness (QED) is 0.408. The summed E-state index contributed by atoms with van der Waals surface area (Å²) in [6.45, 7) is 0. The lowest BCUT2D eigenvalue weighted by molar-refractivity contribution is 0.0595. The number of H-pyrrole nitrogens is 1. The molecule has 3 heterocycles. The van der Waals surface area contributed by atoms with E-state index in [0.717, 1.165) is 21.3 Å². The summed E-state index contributed by atoms with van der Waals surface area (Å²) in [6, 6.07) is 8.40. The number of methoxy groups -OCH3 is 1. The summed E-state index contributed by atoms with van der Waals surface area (Å²) < 4.78 is 21.3. The second-order valence-electron chi connectivity index (χ2n) is 5.56. The summed E-state index contributed by atoms with van der Waals surface area (Å²) in [5.74, 6) is -0.757. The van der Waals surface area contributed by atoms with Gasteiger partial charge in [0.2, 0.25) is 0 Å². The molecule has 0 aliphatic heterocycles. The van der Waals surface area contributed by atoms with Crippen molar-refractivity contribution in [1.82, 2.24) is 19.5 Å². The summed E-state index contributed by atoms with van der Waals surface area (Å²) >= 11 is 3.34. The Balaban J connectivity index is 1.92. The van der Waals surface area contributed by atoms with Gasteiger partial charge in [0.05, 0.1) is 29.4 Å². The fourth-order valence-electron chi connectivity index (χ4n) is 2.82. The number of aromatic nitrogens is 4. The zero-order valence-corrected chi connectivity index (χ0v) is 14.9. The summed E-state index contributed by atoms with van der Waals surface area (Å²) in [5, 5.41) is 0.937. The summed E-state index contributed by atoms with van der Waals surface area (Å²) in [7, 11) is 3.00. The number of aryl methyl sites for hydroxylation is 1. The number of aromatic amines is 1. The molecule has 3 aromatic heterocycles. The SMILES string of the molecule is COC(=O)c1cc2nc(-c3cc4ccc(Br)nc4[nH]3)n(C)c2cc1F. The van der Waals surface area contributed by atoms with Gasteiger partial charge in [-0.25, -0.2) is 19.2 Å². The zero-order chi connectivity index (χ0) is 17.7. The van der Waals surface area contributed by atoms with Gasteiger partial charge < -0.3 is 14.3 Å². The normalized spacial score (nSPS) is 11.4. The molecule has 0 aliphatic carbocycles. The Morgan fingerprint density at radius 2 is 2.08 bits per heavy atom. The largest absolute Gasteiger partial charge is 0.465 e. The number of imidazole rings is 1. The second-order valence-corrected chi connectivity index (χ2v) is 6.37. The number of rotatable bonds is 2. The van der Waals surface area contributed by atoms with Crippen LogP contribution < -0.4 is 0 Å². The van der Waals surface area contributed by atoms with E-state index < -0.39 is 11.8 Å². The van der Waals surface area contributed by atoms with E-state index >= 15 is 0 Å². The molecule has 4 rings (SSSR count). The Kier molecular flexibility index (Phi) is 3.57. The van der Waals surface area contributed by atoms with Crippen LogP contribution >= 0.6 is 15.9 Å². The minimum atomic E-state index is -0.730. The van der Waals surface area contributed by atoms with Gasteiger partial charge in [-0.3, -0.25) is 0 Å². The standard InChI is InChI=1S/C17H12BrFN4O2/c1-23-13-7-10(19)9(17(24)25-2)6-11(13)21-16(23)12-5-8-3-4-14(18)22-15(8)20-12/h3-7H,1-2H3,(H,20,22). The Labute approximate surface area is 149 Å². The maximum absolute atomic E-state index is 14.2. The van der Waals surface area contributed by atoms with Gasteiger partial charge in [-0.05, 0) is 40.2 Å². The predicted molar refractivity (Wildman–Crippen MR) is 94.8 cm³/mol. The summed E-state index contributed by atoms with van der Waals surface area (Å²) in [4.78, 5) is 23.8. The van der Waals surface area contributed by atoms with Crippen LogP contribution in [0.4, 0.5) is 4.39 Å². The molecule has 0 aliphatic rings. The highest BCUT2D eigenvalue weighted by Crippen LogP contribution is 2.28. The molecule has 8 heteroatoms. The van der Waals surface area contributed by atoms with Crippen molar-refractivity contribution in [3.63, 3.8) is 0 Å². The van der Waals surface area contributed by atoms with Gasteiger partial charge in [-0.1, -0.05) is 0 Å². The van der Waals surface area contributed by atoms with Gasteiger partial charge in [-0.2, -0.15) is 0 Å². The number of nitrogens with one attached hydrogen (secondary N) is 1. The van der Waals surface area contributed by atoms with E-state index in [1.165, 1.54) is 19.2 Å². The van der Waals surface area contributed by atoms with Crippen molar-refractivity contribution in [3.8, 4) is 11.5 Å². The summed E-state index contributed by atoms with van der Waals surface area (Å²) in [5.41, 5.74) is 2.42. The molecule has 0 radical (unpaired) electrons. The topological polar surface area (TPSA) is 72.8 Å². The van der Waals surface area contributed by atoms with Crippen molar-refractivity contribution in [3.05, 3.63) is 46.3 Å². The predicted octanol–water partition coefficient (Wildman–Crippen LogP) is 3.80. The minimum absolute atomic E-state index is 0.137. The molecule has 0 unspecified atom stereocenters. The zero-order valence-electron chi connectivity index (χ0n) is 13.3. The number of nitrogens with zero attached hydrogens (tertiary/aromatic N) is 3. The van der Waals surface area contributed by atoms with Crippen LogP contribution in [0, 0.1) is 5.82 Å². The number of ether oxygens (including phenoxy) is 1. The highest BCUT2D eigenvalue weighted by Gasteiger charge is 2.18. The maximum atomic E-state index is 14.2. The number of carbonyl (C=O) groups is 1. The monoisotopic (exact) mass is 402 g/mol. The highest BCUT2D eigenvalue weighted by atomic mass is 79.9. The smallest absolute Gasteiger partial charge is 0.340 e. The Morgan fingerprint density at radius 3 is 2.84 bits per heavy atom. The first-order chi connectivity index (χ1) is 12.0. The van der Waals surface area contributed by atoms with Crippen molar-refractivity contribution < 1.29 is 13.9 Å². The van der Waals surface area contributed by atoms with Gasteiger partial charge in [0, 0.05) is 18.5 Å². The molecule has 6 nitrogen and oxygen atoms in total. The minimum Gasteiger partial charge on any atom is -0.465 e. The van der Waals surface area contributed by atoms with Crippen molar-refractivity contribution in [2.75, 3.05) is 7.11 Å². The lowest BCUT2D eigenvalue weighted by Gasteiger charge is -2.02. The van der Waals surface area contributed by atoms with E-state index in [1.807, 2.05) is 18.2 Å². The number of carbonyl (C=O) groups excluding carboxylic acids is 1. The van der Waals surface area contributed by atoms with Crippen molar-refractivity contribution in [1.29, 1.82) is 0 Å². The average molecular weight is 403 g/mol. The molecule has 25 heavy (non-hydrogen) atoms. The number of benzene rings is 1. The molecule has 1 aromatic carbocycles. The molecule has 4 aromatic rings. The second kappa shape index (κ2) is 5.66. The first-order valence-corrected chi connectivity index (χ1v) is 8.17. The first-order valence-electron chi connectivity index (χ1n) is 7.38. The molecule has 126 valence electrons. The van der Waals surface area contributed by atoms with E-state index in [2.05, 4.69) is 35.6 Å². The van der Waals surface area contributed by atoms with Crippen LogP contribution in [0.25, 0.3) is 33.6 Å². The number of hydrogen-bond acceptors (Lipinski definition) is 4. The molecule has 0 spiro atoms. The van der Waals surface area contributed by atoms with Crippen LogP contribution in [0.1, 0.15) is 10.4 Å². The lowest BCUT2D eigenvalue weighted by Crippen LogP contribution is -2.04. The first kappa shape index (κ1) is 15.8. The molecule has 1 N–H and O–H groups in total. The van der Waals surface area contributed by atoms with Crippen LogP contribution in [-0.4, -0.2) is 32.6 Å². The average Bonchev–Trinajstić information content (AvgIpc) is 3.14. The number of esters is 1. The number of pyridine rings is 1. The molecule has 0 saturated heterocycles. The molecule has 0 atom stereocenters. The number of halogens is 2. The van der Waals surface area contributed by atoms with Crippen molar-refractivity contribution in [2.45, 2.75) is 0 Å². The fourth-order valence-corrected chi connectivity index (χ4v) is 3.13. The third-order valence-corrected chi connectivity index (χ3v) is 4.50. The Bertz CT molecular complexity index is 1150. The Hall–Kier alpha value is -2.74. The van der Waals surface area contributed by atoms with Gasteiger partial charge in [0.25, 0.3) is 0 Å². The molecular weight excluding hydrogens is 391 g/mol. The van der Waals surface area contributed by atoms with Gasteiger partial charge >= 0.3 is 5.97 Å². The van der Waals surface area contributed by atoms with Gasteiger partial charge in [-0.15, -0.1) is 0 Å². The van der Waals surface area contributed by atoms with Crippen molar-refractivity contribution >= 4 is 44.0 Å². The van der Waals surface area contributed by atoms with E-state index in [1.54, 1.807) is 11.6 Å². The molecule has 0 amide bonds. The van der Waals surface area contributed by atoms with Crippen LogP contribution in [0.5, 0.6) is 0 Å². The van der Waals surface area contributed by atoms with Gasteiger partial charge in [0.15, 0.2) is 5.82 Å². The fraction of sp³-hybridized carbons (Fsp3) is 0.118. The van der Waals surface area contributed by atoms with Crippen LogP contribution in [0.3, 0.4) is 0 Å². The van der Waals surface area contributed by atoms with E-state index in [-0.39, 0.29) is 5.56 Å². The van der Waals surface area contributed by atoms with E-state index in [9.17, 15) is 9.18 Å². The van der Waals surface area contributed by atoms with Crippen LogP contribution in [-0.2, 0) is 11.8 Å². The van der Waals surface area contributed by atoms with Crippen LogP contribution in [0.2, 0.25) is 0 Å². The third kappa shape index (κ3) is 2.49. The highest BCUT2D eigenvalue weighted by molar-refractivity contribution is 9.10. The van der Waals surface area contributed by atoms with E-state index in [4.69, 9.17) is 0 Å². The van der Waals surface area contributed by atoms with Crippen LogP contribution in [0.15, 0.2) is 34.9 Å². The maximum Gasteiger partial charge on any atom is 0.340 e. The third-order valence-electron chi connectivity index (χ3n) is 4.06. The number of hydrogen-bond donors (Lipinski definition) is 1. The lowest BCUT2D eigenvalue weighted by atomic mass is 10.2. The molecular formula is C17H12BrFN4O2. The molecule has 0 bridgehead atoms.